The molecule has 0 aliphatic heterocycles. The molecular formula is C18H22BrN. The van der Waals surface area contributed by atoms with Gasteiger partial charge in [-0.1, -0.05) is 66.0 Å². The van der Waals surface area contributed by atoms with Crippen LogP contribution in [0.15, 0.2) is 40.9 Å². The van der Waals surface area contributed by atoms with E-state index in [0.29, 0.717) is 6.04 Å². The molecule has 1 fully saturated rings. The minimum atomic E-state index is 0.500. The fraction of sp³-hybridized carbons (Fsp3) is 0.444. The highest BCUT2D eigenvalue weighted by Crippen LogP contribution is 2.40. The van der Waals surface area contributed by atoms with Crippen molar-refractivity contribution in [2.24, 2.45) is 5.92 Å². The van der Waals surface area contributed by atoms with Gasteiger partial charge in [-0.25, -0.2) is 0 Å². The third-order valence-electron chi connectivity index (χ3n) is 4.19. The summed E-state index contributed by atoms with van der Waals surface area (Å²) < 4.78 is 1.19. The lowest BCUT2D eigenvalue weighted by molar-refractivity contribution is 0.476. The number of benzene rings is 2. The van der Waals surface area contributed by atoms with E-state index in [0.717, 1.165) is 12.5 Å². The topological polar surface area (TPSA) is 12.0 Å². The number of halogens is 1. The molecule has 1 aliphatic rings. The predicted octanol–water partition coefficient (Wildman–Crippen LogP) is 5.44. The van der Waals surface area contributed by atoms with E-state index in [1.54, 1.807) is 0 Å². The van der Waals surface area contributed by atoms with Gasteiger partial charge in [0, 0.05) is 10.5 Å². The molecule has 0 radical (unpaired) electrons. The summed E-state index contributed by atoms with van der Waals surface area (Å²) in [6, 6.07) is 13.7. The van der Waals surface area contributed by atoms with Crippen molar-refractivity contribution in [1.82, 2.24) is 5.32 Å². The first-order chi connectivity index (χ1) is 9.79. The van der Waals surface area contributed by atoms with Gasteiger partial charge in [0.2, 0.25) is 0 Å². The Morgan fingerprint density at radius 1 is 1.15 bits per heavy atom. The summed E-state index contributed by atoms with van der Waals surface area (Å²) in [6.45, 7) is 3.34. The van der Waals surface area contributed by atoms with Crippen LogP contribution >= 0.6 is 15.9 Å². The van der Waals surface area contributed by atoms with Gasteiger partial charge in [-0.15, -0.1) is 0 Å². The molecule has 1 N–H and O–H groups in total. The molecule has 106 valence electrons. The molecule has 1 saturated carbocycles. The number of rotatable bonds is 6. The van der Waals surface area contributed by atoms with Crippen molar-refractivity contribution < 1.29 is 0 Å². The zero-order valence-electron chi connectivity index (χ0n) is 12.0. The largest absolute Gasteiger partial charge is 0.310 e. The summed E-state index contributed by atoms with van der Waals surface area (Å²) in [7, 11) is 0. The van der Waals surface area contributed by atoms with Crippen LogP contribution in [0, 0.1) is 5.92 Å². The summed E-state index contributed by atoms with van der Waals surface area (Å²) in [4.78, 5) is 0. The molecule has 2 aromatic rings. The highest BCUT2D eigenvalue weighted by molar-refractivity contribution is 9.10. The molecule has 0 aromatic heterocycles. The number of fused-ring (bicyclic) bond motifs is 1. The fourth-order valence-electron chi connectivity index (χ4n) is 2.92. The maximum atomic E-state index is 3.75. The molecule has 0 spiro atoms. The zero-order chi connectivity index (χ0) is 13.9. The van der Waals surface area contributed by atoms with Crippen LogP contribution in [0.4, 0.5) is 0 Å². The highest BCUT2D eigenvalue weighted by atomic mass is 79.9. The first kappa shape index (κ1) is 14.1. The first-order valence-corrected chi connectivity index (χ1v) is 8.49. The normalized spacial score (nSPS) is 16.5. The van der Waals surface area contributed by atoms with Crippen molar-refractivity contribution in [1.29, 1.82) is 0 Å². The average Bonchev–Trinajstić information content (AvgIpc) is 3.28. The Morgan fingerprint density at radius 3 is 2.60 bits per heavy atom. The first-order valence-electron chi connectivity index (χ1n) is 7.70. The van der Waals surface area contributed by atoms with Crippen LogP contribution in [-0.2, 0) is 0 Å². The zero-order valence-corrected chi connectivity index (χ0v) is 13.6. The van der Waals surface area contributed by atoms with Crippen LogP contribution in [0.3, 0.4) is 0 Å². The Balaban J connectivity index is 1.98. The van der Waals surface area contributed by atoms with Gasteiger partial charge >= 0.3 is 0 Å². The number of nitrogens with one attached hydrogen (secondary N) is 1. The molecule has 0 amide bonds. The van der Waals surface area contributed by atoms with Crippen LogP contribution in [-0.4, -0.2) is 6.54 Å². The minimum absolute atomic E-state index is 0.500. The SMILES string of the molecule is CCCNC(CC1CC1)c1ccc(Br)c2ccccc12. The minimum Gasteiger partial charge on any atom is -0.310 e. The summed E-state index contributed by atoms with van der Waals surface area (Å²) in [6.07, 6.45) is 5.30. The van der Waals surface area contributed by atoms with E-state index in [-0.39, 0.29) is 0 Å². The van der Waals surface area contributed by atoms with Crippen LogP contribution in [0.25, 0.3) is 10.8 Å². The molecule has 1 aliphatic carbocycles. The van der Waals surface area contributed by atoms with E-state index in [9.17, 15) is 0 Å². The van der Waals surface area contributed by atoms with Crippen molar-refractivity contribution >= 4 is 26.7 Å². The summed E-state index contributed by atoms with van der Waals surface area (Å²) in [5, 5.41) is 6.46. The second kappa shape index (κ2) is 6.28. The third kappa shape index (κ3) is 3.07. The molecule has 2 aromatic carbocycles. The molecule has 1 atom stereocenters. The Morgan fingerprint density at radius 2 is 1.90 bits per heavy atom. The third-order valence-corrected chi connectivity index (χ3v) is 4.88. The molecule has 0 saturated heterocycles. The van der Waals surface area contributed by atoms with Gasteiger partial charge in [0.1, 0.15) is 0 Å². The predicted molar refractivity (Wildman–Crippen MR) is 90.0 cm³/mol. The van der Waals surface area contributed by atoms with Crippen molar-refractivity contribution in [3.05, 3.63) is 46.4 Å². The van der Waals surface area contributed by atoms with Crippen molar-refractivity contribution in [2.75, 3.05) is 6.54 Å². The maximum Gasteiger partial charge on any atom is 0.0329 e. The Bertz CT molecular complexity index is 589. The lowest BCUT2D eigenvalue weighted by Gasteiger charge is -2.21. The van der Waals surface area contributed by atoms with E-state index < -0.39 is 0 Å². The Kier molecular flexibility index (Phi) is 4.42. The average molecular weight is 332 g/mol. The molecule has 20 heavy (non-hydrogen) atoms. The summed E-state index contributed by atoms with van der Waals surface area (Å²) in [5.74, 6) is 0.937. The molecular weight excluding hydrogens is 310 g/mol. The van der Waals surface area contributed by atoms with Crippen LogP contribution in [0.1, 0.15) is 44.2 Å². The second-order valence-electron chi connectivity index (χ2n) is 5.87. The molecule has 2 heteroatoms. The molecule has 1 nitrogen and oxygen atoms in total. The van der Waals surface area contributed by atoms with Crippen LogP contribution in [0.2, 0.25) is 0 Å². The van der Waals surface area contributed by atoms with Gasteiger partial charge in [-0.05, 0) is 47.7 Å². The summed E-state index contributed by atoms with van der Waals surface area (Å²) >= 11 is 3.68. The maximum absolute atomic E-state index is 3.75. The number of hydrogen-bond donors (Lipinski definition) is 1. The van der Waals surface area contributed by atoms with Gasteiger partial charge in [0.05, 0.1) is 0 Å². The lowest BCUT2D eigenvalue weighted by atomic mass is 9.95. The van der Waals surface area contributed by atoms with Gasteiger partial charge in [-0.3, -0.25) is 0 Å². The van der Waals surface area contributed by atoms with E-state index in [1.165, 1.54) is 46.5 Å². The molecule has 0 bridgehead atoms. The molecule has 3 rings (SSSR count). The van der Waals surface area contributed by atoms with Crippen molar-refractivity contribution in [3.8, 4) is 0 Å². The van der Waals surface area contributed by atoms with E-state index in [1.807, 2.05) is 0 Å². The Labute approximate surface area is 129 Å². The smallest absolute Gasteiger partial charge is 0.0329 e. The molecule has 1 unspecified atom stereocenters. The van der Waals surface area contributed by atoms with Crippen LogP contribution < -0.4 is 5.32 Å². The highest BCUT2D eigenvalue weighted by Gasteiger charge is 2.26. The van der Waals surface area contributed by atoms with E-state index in [2.05, 4.69) is 64.6 Å². The quantitative estimate of drug-likeness (QED) is 0.742. The Hall–Kier alpha value is -0.860. The molecule has 0 heterocycles. The van der Waals surface area contributed by atoms with E-state index >= 15 is 0 Å². The van der Waals surface area contributed by atoms with Gasteiger partial charge < -0.3 is 5.32 Å². The van der Waals surface area contributed by atoms with Gasteiger partial charge in [-0.2, -0.15) is 0 Å². The summed E-state index contributed by atoms with van der Waals surface area (Å²) in [5.41, 5.74) is 1.46. The monoisotopic (exact) mass is 331 g/mol. The lowest BCUT2D eigenvalue weighted by Crippen LogP contribution is -2.23. The fourth-order valence-corrected chi connectivity index (χ4v) is 3.39. The van der Waals surface area contributed by atoms with Crippen molar-refractivity contribution in [2.45, 2.75) is 38.6 Å². The standard InChI is InChI=1S/C18H22BrN/c1-2-11-20-18(12-13-7-8-13)16-9-10-17(19)15-6-4-3-5-14(15)16/h3-6,9-10,13,18,20H,2,7-8,11-12H2,1H3. The number of hydrogen-bond acceptors (Lipinski definition) is 1. The second-order valence-corrected chi connectivity index (χ2v) is 6.72. The van der Waals surface area contributed by atoms with Crippen LogP contribution in [0.5, 0.6) is 0 Å². The van der Waals surface area contributed by atoms with Crippen molar-refractivity contribution in [3.63, 3.8) is 0 Å². The van der Waals surface area contributed by atoms with Gasteiger partial charge in [0.25, 0.3) is 0 Å². The van der Waals surface area contributed by atoms with E-state index in [4.69, 9.17) is 0 Å². The van der Waals surface area contributed by atoms with Gasteiger partial charge in [0.15, 0.2) is 0 Å².